The first kappa shape index (κ1) is 18.8. The van der Waals surface area contributed by atoms with Crippen LogP contribution in [0.15, 0.2) is 60.7 Å². The molecule has 2 heterocycles. The Morgan fingerprint density at radius 3 is 2.52 bits per heavy atom. The molecule has 0 atom stereocenters. The molecule has 0 fully saturated rings. The zero-order valence-corrected chi connectivity index (χ0v) is 16.3. The zero-order valence-electron chi connectivity index (χ0n) is 15.5. The second-order valence-electron chi connectivity index (χ2n) is 6.19. The van der Waals surface area contributed by atoms with E-state index in [1.807, 2.05) is 30.3 Å². The number of aromatic amines is 1. The number of nitrogens with zero attached hydrogens (tertiary/aromatic N) is 2. The molecule has 0 aliphatic carbocycles. The minimum absolute atomic E-state index is 0.203. The third-order valence-electron chi connectivity index (χ3n) is 4.25. The quantitative estimate of drug-likeness (QED) is 0.499. The van der Waals surface area contributed by atoms with E-state index in [0.29, 0.717) is 16.5 Å². The van der Waals surface area contributed by atoms with Gasteiger partial charge in [0, 0.05) is 10.4 Å². The largest absolute Gasteiger partial charge is 0.497 e. The Bertz CT molecular complexity index is 1120. The monoisotopic (exact) mass is 408 g/mol. The van der Waals surface area contributed by atoms with Gasteiger partial charge in [-0.05, 0) is 54.1 Å². The van der Waals surface area contributed by atoms with Crippen molar-refractivity contribution >= 4 is 17.2 Å². The molecule has 0 bridgehead atoms. The summed E-state index contributed by atoms with van der Waals surface area (Å²) in [5.74, 6) is 1.37. The first-order valence-electron chi connectivity index (χ1n) is 8.82. The van der Waals surface area contributed by atoms with Crippen LogP contribution in [0.4, 0.5) is 4.39 Å². The fourth-order valence-electron chi connectivity index (χ4n) is 2.72. The highest BCUT2D eigenvalue weighted by Crippen LogP contribution is 2.28. The maximum Gasteiger partial charge on any atom is 0.261 e. The highest BCUT2D eigenvalue weighted by molar-refractivity contribution is 7.17. The molecule has 2 N–H and O–H groups in total. The Kier molecular flexibility index (Phi) is 5.35. The molecule has 0 aliphatic heterocycles. The van der Waals surface area contributed by atoms with E-state index in [0.717, 1.165) is 21.8 Å². The van der Waals surface area contributed by atoms with E-state index >= 15 is 0 Å². The van der Waals surface area contributed by atoms with Crippen molar-refractivity contribution in [2.24, 2.45) is 0 Å². The van der Waals surface area contributed by atoms with Gasteiger partial charge in [-0.3, -0.25) is 9.89 Å². The summed E-state index contributed by atoms with van der Waals surface area (Å²) in [5, 5.41) is 9.85. The number of ether oxygens (including phenoxy) is 1. The molecular weight excluding hydrogens is 391 g/mol. The molecule has 0 spiro atoms. The standard InChI is InChI=1S/C21H17FN4O2S/c1-28-16-8-4-14(5-9-16)20-24-19(25-26-20)12-23-21(27)18-11-10-17(29-18)13-2-6-15(22)7-3-13/h2-11H,12H2,1H3,(H,23,27)(H,24,25,26). The minimum atomic E-state index is -0.288. The Balaban J connectivity index is 1.38. The van der Waals surface area contributed by atoms with Gasteiger partial charge in [-0.25, -0.2) is 9.37 Å². The summed E-state index contributed by atoms with van der Waals surface area (Å²) in [6, 6.07) is 17.2. The van der Waals surface area contributed by atoms with Crippen molar-refractivity contribution in [1.29, 1.82) is 0 Å². The number of halogens is 1. The van der Waals surface area contributed by atoms with Crippen molar-refractivity contribution in [2.45, 2.75) is 6.54 Å². The smallest absolute Gasteiger partial charge is 0.261 e. The van der Waals surface area contributed by atoms with Gasteiger partial charge in [0.1, 0.15) is 17.4 Å². The number of hydrogen-bond donors (Lipinski definition) is 2. The molecule has 2 aromatic carbocycles. The normalized spacial score (nSPS) is 10.7. The summed E-state index contributed by atoms with van der Waals surface area (Å²) >= 11 is 1.35. The summed E-state index contributed by atoms with van der Waals surface area (Å²) in [4.78, 5) is 18.3. The van der Waals surface area contributed by atoms with Crippen LogP contribution in [0.2, 0.25) is 0 Å². The molecule has 0 aliphatic rings. The first-order valence-corrected chi connectivity index (χ1v) is 9.64. The average Bonchev–Trinajstić information content (AvgIpc) is 3.43. The molecular formula is C21H17FN4O2S. The number of rotatable bonds is 6. The molecule has 29 heavy (non-hydrogen) atoms. The number of aromatic nitrogens is 3. The van der Waals surface area contributed by atoms with E-state index in [2.05, 4.69) is 20.5 Å². The molecule has 1 amide bonds. The summed E-state index contributed by atoms with van der Waals surface area (Å²) < 4.78 is 18.2. The number of methoxy groups -OCH3 is 1. The maximum atomic E-state index is 13.1. The summed E-state index contributed by atoms with van der Waals surface area (Å²) in [7, 11) is 1.61. The molecule has 146 valence electrons. The molecule has 0 unspecified atom stereocenters. The Hall–Kier alpha value is -3.52. The van der Waals surface area contributed by atoms with Crippen LogP contribution >= 0.6 is 11.3 Å². The Labute approximate surface area is 170 Å². The molecule has 6 nitrogen and oxygen atoms in total. The van der Waals surface area contributed by atoms with Crippen LogP contribution in [0.1, 0.15) is 15.5 Å². The third kappa shape index (κ3) is 4.33. The lowest BCUT2D eigenvalue weighted by Crippen LogP contribution is -2.22. The summed E-state index contributed by atoms with van der Waals surface area (Å²) in [5.41, 5.74) is 1.72. The van der Waals surface area contributed by atoms with E-state index < -0.39 is 0 Å². The van der Waals surface area contributed by atoms with Gasteiger partial charge in [-0.15, -0.1) is 11.3 Å². The van der Waals surface area contributed by atoms with Crippen LogP contribution in [-0.4, -0.2) is 28.2 Å². The minimum Gasteiger partial charge on any atom is -0.497 e. The van der Waals surface area contributed by atoms with Crippen molar-refractivity contribution in [2.75, 3.05) is 7.11 Å². The van der Waals surface area contributed by atoms with Crippen molar-refractivity contribution in [1.82, 2.24) is 20.5 Å². The van der Waals surface area contributed by atoms with Crippen molar-refractivity contribution in [3.05, 3.63) is 77.2 Å². The average molecular weight is 408 g/mol. The Morgan fingerprint density at radius 1 is 1.07 bits per heavy atom. The van der Waals surface area contributed by atoms with E-state index in [-0.39, 0.29) is 18.3 Å². The number of thiophene rings is 1. The lowest BCUT2D eigenvalue weighted by molar-refractivity contribution is 0.0954. The van der Waals surface area contributed by atoms with E-state index in [9.17, 15) is 9.18 Å². The molecule has 4 aromatic rings. The van der Waals surface area contributed by atoms with Gasteiger partial charge < -0.3 is 10.1 Å². The number of nitrogens with one attached hydrogen (secondary N) is 2. The Morgan fingerprint density at radius 2 is 1.79 bits per heavy atom. The number of H-pyrrole nitrogens is 1. The maximum absolute atomic E-state index is 13.1. The summed E-state index contributed by atoms with van der Waals surface area (Å²) in [6.07, 6.45) is 0. The number of benzene rings is 2. The van der Waals surface area contributed by atoms with Crippen LogP contribution in [-0.2, 0) is 6.54 Å². The fraction of sp³-hybridized carbons (Fsp3) is 0.0952. The van der Waals surface area contributed by atoms with Gasteiger partial charge >= 0.3 is 0 Å². The summed E-state index contributed by atoms with van der Waals surface area (Å²) in [6.45, 7) is 0.228. The zero-order chi connectivity index (χ0) is 20.2. The predicted octanol–water partition coefficient (Wildman–Crippen LogP) is 4.28. The van der Waals surface area contributed by atoms with Crippen molar-refractivity contribution in [3.63, 3.8) is 0 Å². The predicted molar refractivity (Wildman–Crippen MR) is 109 cm³/mol. The SMILES string of the molecule is COc1ccc(-c2n[nH]c(CNC(=O)c3ccc(-c4ccc(F)cc4)s3)n2)cc1. The van der Waals surface area contributed by atoms with Gasteiger partial charge in [0.25, 0.3) is 5.91 Å². The molecule has 0 saturated heterocycles. The lowest BCUT2D eigenvalue weighted by atomic mass is 10.2. The number of carbonyl (C=O) groups excluding carboxylic acids is 1. The second kappa shape index (κ2) is 8.24. The number of hydrogen-bond acceptors (Lipinski definition) is 5. The third-order valence-corrected chi connectivity index (χ3v) is 5.39. The van der Waals surface area contributed by atoms with Crippen LogP contribution in [0, 0.1) is 5.82 Å². The molecule has 0 radical (unpaired) electrons. The molecule has 8 heteroatoms. The van der Waals surface area contributed by atoms with E-state index in [1.165, 1.54) is 23.5 Å². The second-order valence-corrected chi connectivity index (χ2v) is 7.27. The highest BCUT2D eigenvalue weighted by Gasteiger charge is 2.12. The van der Waals surface area contributed by atoms with Crippen molar-refractivity contribution < 1.29 is 13.9 Å². The number of carbonyl (C=O) groups is 1. The van der Waals surface area contributed by atoms with Crippen LogP contribution < -0.4 is 10.1 Å². The van der Waals surface area contributed by atoms with Gasteiger partial charge in [0.2, 0.25) is 0 Å². The van der Waals surface area contributed by atoms with Crippen LogP contribution in [0.25, 0.3) is 21.8 Å². The van der Waals surface area contributed by atoms with Gasteiger partial charge in [0.05, 0.1) is 18.5 Å². The molecule has 0 saturated carbocycles. The van der Waals surface area contributed by atoms with Crippen molar-refractivity contribution in [3.8, 4) is 27.6 Å². The van der Waals surface area contributed by atoms with Gasteiger partial charge in [-0.2, -0.15) is 5.10 Å². The highest BCUT2D eigenvalue weighted by atomic mass is 32.1. The topological polar surface area (TPSA) is 79.9 Å². The van der Waals surface area contributed by atoms with E-state index in [4.69, 9.17) is 4.74 Å². The lowest BCUT2D eigenvalue weighted by Gasteiger charge is -2.01. The first-order chi connectivity index (χ1) is 14.1. The van der Waals surface area contributed by atoms with Gasteiger partial charge in [0.15, 0.2) is 5.82 Å². The number of amides is 1. The van der Waals surface area contributed by atoms with Crippen LogP contribution in [0.5, 0.6) is 5.75 Å². The van der Waals surface area contributed by atoms with Crippen LogP contribution in [0.3, 0.4) is 0 Å². The molecule has 2 aromatic heterocycles. The molecule has 4 rings (SSSR count). The van der Waals surface area contributed by atoms with Gasteiger partial charge in [-0.1, -0.05) is 12.1 Å². The van der Waals surface area contributed by atoms with E-state index in [1.54, 1.807) is 25.3 Å². The fourth-order valence-corrected chi connectivity index (χ4v) is 3.65.